The molecule has 1 saturated heterocycles. The van der Waals surface area contributed by atoms with Gasteiger partial charge in [0, 0.05) is 13.0 Å². The van der Waals surface area contributed by atoms with E-state index in [1.165, 1.54) is 7.11 Å². The van der Waals surface area contributed by atoms with Gasteiger partial charge in [0.2, 0.25) is 5.91 Å². The quantitative estimate of drug-likeness (QED) is 0.618. The van der Waals surface area contributed by atoms with Crippen LogP contribution in [0.15, 0.2) is 0 Å². The molecular formula is C10H17NO3. The zero-order valence-corrected chi connectivity index (χ0v) is 8.78. The molecule has 1 aliphatic rings. The molecule has 0 aliphatic carbocycles. The van der Waals surface area contributed by atoms with Crippen LogP contribution in [0.5, 0.6) is 0 Å². The molecule has 0 bridgehead atoms. The molecule has 1 atom stereocenters. The summed E-state index contributed by atoms with van der Waals surface area (Å²) in [4.78, 5) is 24.1. The first-order valence-electron chi connectivity index (χ1n) is 4.98. The number of amides is 1. The molecule has 4 nitrogen and oxygen atoms in total. The number of carbonyl (C=O) groups is 2. The number of hydrogen-bond donors (Lipinski definition) is 0. The summed E-state index contributed by atoms with van der Waals surface area (Å²) >= 11 is 0. The molecule has 1 heterocycles. The van der Waals surface area contributed by atoms with Crippen molar-refractivity contribution in [3.05, 3.63) is 0 Å². The Morgan fingerprint density at radius 2 is 2.29 bits per heavy atom. The SMILES string of the molecule is COC(=O)CN1CCC(C)CCC1=O. The van der Waals surface area contributed by atoms with Crippen LogP contribution in [0.4, 0.5) is 0 Å². The monoisotopic (exact) mass is 199 g/mol. The fourth-order valence-corrected chi connectivity index (χ4v) is 1.56. The summed E-state index contributed by atoms with van der Waals surface area (Å²) in [6.45, 7) is 2.91. The van der Waals surface area contributed by atoms with Gasteiger partial charge in [-0.25, -0.2) is 0 Å². The van der Waals surface area contributed by atoms with Crippen LogP contribution in [0, 0.1) is 5.92 Å². The van der Waals surface area contributed by atoms with Crippen LogP contribution in [-0.4, -0.2) is 37.0 Å². The maximum Gasteiger partial charge on any atom is 0.325 e. The maximum atomic E-state index is 11.5. The Bertz CT molecular complexity index is 227. The van der Waals surface area contributed by atoms with Crippen LogP contribution in [0.3, 0.4) is 0 Å². The number of rotatable bonds is 2. The van der Waals surface area contributed by atoms with Gasteiger partial charge in [-0.05, 0) is 18.8 Å². The number of ether oxygens (including phenoxy) is 1. The van der Waals surface area contributed by atoms with Crippen LogP contribution in [0.25, 0.3) is 0 Å². The minimum absolute atomic E-state index is 0.0692. The van der Waals surface area contributed by atoms with E-state index in [2.05, 4.69) is 11.7 Å². The maximum absolute atomic E-state index is 11.5. The summed E-state index contributed by atoms with van der Waals surface area (Å²) in [5, 5.41) is 0. The summed E-state index contributed by atoms with van der Waals surface area (Å²) in [5.41, 5.74) is 0. The van der Waals surface area contributed by atoms with Crippen molar-refractivity contribution >= 4 is 11.9 Å². The van der Waals surface area contributed by atoms with E-state index >= 15 is 0 Å². The normalized spacial score (nSPS) is 23.1. The second-order valence-corrected chi connectivity index (χ2v) is 3.82. The summed E-state index contributed by atoms with van der Waals surface area (Å²) in [6, 6.07) is 0. The van der Waals surface area contributed by atoms with E-state index in [1.54, 1.807) is 4.90 Å². The Balaban J connectivity index is 2.49. The molecule has 1 amide bonds. The van der Waals surface area contributed by atoms with Gasteiger partial charge >= 0.3 is 5.97 Å². The average Bonchev–Trinajstić information content (AvgIpc) is 2.33. The zero-order valence-electron chi connectivity index (χ0n) is 8.78. The third-order valence-electron chi connectivity index (χ3n) is 2.64. The number of likely N-dealkylation sites (tertiary alicyclic amines) is 1. The van der Waals surface area contributed by atoms with E-state index in [4.69, 9.17) is 0 Å². The van der Waals surface area contributed by atoms with Crippen molar-refractivity contribution in [3.63, 3.8) is 0 Å². The van der Waals surface area contributed by atoms with Crippen LogP contribution >= 0.6 is 0 Å². The fourth-order valence-electron chi connectivity index (χ4n) is 1.56. The van der Waals surface area contributed by atoms with Crippen LogP contribution in [0.2, 0.25) is 0 Å². The summed E-state index contributed by atoms with van der Waals surface area (Å²) in [5.74, 6) is 0.300. The smallest absolute Gasteiger partial charge is 0.325 e. The number of hydrogen-bond acceptors (Lipinski definition) is 3. The van der Waals surface area contributed by atoms with Crippen molar-refractivity contribution in [2.45, 2.75) is 26.2 Å². The molecule has 0 radical (unpaired) electrons. The van der Waals surface area contributed by atoms with Crippen LogP contribution in [-0.2, 0) is 14.3 Å². The average molecular weight is 199 g/mol. The van der Waals surface area contributed by atoms with E-state index < -0.39 is 0 Å². The topological polar surface area (TPSA) is 46.6 Å². The van der Waals surface area contributed by atoms with Crippen LogP contribution < -0.4 is 0 Å². The van der Waals surface area contributed by atoms with Crippen molar-refractivity contribution < 1.29 is 14.3 Å². The van der Waals surface area contributed by atoms with Gasteiger partial charge in [0.05, 0.1) is 7.11 Å². The highest BCUT2D eigenvalue weighted by Crippen LogP contribution is 2.17. The first kappa shape index (κ1) is 11.0. The van der Waals surface area contributed by atoms with E-state index in [0.29, 0.717) is 18.9 Å². The van der Waals surface area contributed by atoms with Gasteiger partial charge in [-0.15, -0.1) is 0 Å². The molecule has 0 aromatic carbocycles. The lowest BCUT2D eigenvalue weighted by Gasteiger charge is -2.18. The van der Waals surface area contributed by atoms with Gasteiger partial charge in [-0.1, -0.05) is 6.92 Å². The third kappa shape index (κ3) is 3.01. The molecule has 1 rings (SSSR count). The molecule has 1 aliphatic heterocycles. The molecule has 80 valence electrons. The lowest BCUT2D eigenvalue weighted by Crippen LogP contribution is -2.35. The summed E-state index contributed by atoms with van der Waals surface area (Å²) in [6.07, 6.45) is 2.46. The Hall–Kier alpha value is -1.06. The van der Waals surface area contributed by atoms with Gasteiger partial charge < -0.3 is 9.64 Å². The molecule has 14 heavy (non-hydrogen) atoms. The fraction of sp³-hybridized carbons (Fsp3) is 0.800. The molecule has 1 unspecified atom stereocenters. The second-order valence-electron chi connectivity index (χ2n) is 3.82. The van der Waals surface area contributed by atoms with Gasteiger partial charge in [-0.2, -0.15) is 0 Å². The van der Waals surface area contributed by atoms with Crippen molar-refractivity contribution in [3.8, 4) is 0 Å². The Kier molecular flexibility index (Phi) is 3.92. The van der Waals surface area contributed by atoms with Crippen LogP contribution in [0.1, 0.15) is 26.2 Å². The summed E-state index contributed by atoms with van der Waals surface area (Å²) < 4.78 is 4.54. The van der Waals surface area contributed by atoms with E-state index in [0.717, 1.165) is 12.8 Å². The highest BCUT2D eigenvalue weighted by atomic mass is 16.5. The standard InChI is InChI=1S/C10H17NO3/c1-8-3-4-9(12)11(6-5-8)7-10(13)14-2/h8H,3-7H2,1-2H3. The first-order valence-corrected chi connectivity index (χ1v) is 4.98. The molecule has 1 fully saturated rings. The van der Waals surface area contributed by atoms with Crippen molar-refractivity contribution in [1.82, 2.24) is 4.90 Å². The number of nitrogens with zero attached hydrogens (tertiary/aromatic N) is 1. The lowest BCUT2D eigenvalue weighted by atomic mass is 10.0. The Morgan fingerprint density at radius 3 is 2.93 bits per heavy atom. The Labute approximate surface area is 84.2 Å². The second kappa shape index (κ2) is 4.98. The molecule has 0 spiro atoms. The van der Waals surface area contributed by atoms with Gasteiger partial charge in [0.25, 0.3) is 0 Å². The highest BCUT2D eigenvalue weighted by molar-refractivity contribution is 5.82. The van der Waals surface area contributed by atoms with E-state index in [1.807, 2.05) is 0 Å². The summed E-state index contributed by atoms with van der Waals surface area (Å²) in [7, 11) is 1.34. The number of methoxy groups -OCH3 is 1. The molecule has 0 aromatic rings. The first-order chi connectivity index (χ1) is 6.63. The minimum atomic E-state index is -0.340. The number of carbonyl (C=O) groups excluding carboxylic acids is 2. The molecule has 0 aromatic heterocycles. The highest BCUT2D eigenvalue weighted by Gasteiger charge is 2.21. The predicted molar refractivity (Wildman–Crippen MR) is 51.6 cm³/mol. The largest absolute Gasteiger partial charge is 0.468 e. The minimum Gasteiger partial charge on any atom is -0.468 e. The molecule has 4 heteroatoms. The zero-order chi connectivity index (χ0) is 10.6. The molecule has 0 saturated carbocycles. The van der Waals surface area contributed by atoms with Crippen molar-refractivity contribution in [2.24, 2.45) is 5.92 Å². The predicted octanol–water partition coefficient (Wildman–Crippen LogP) is 0.808. The lowest BCUT2D eigenvalue weighted by molar-refractivity contribution is -0.146. The van der Waals surface area contributed by atoms with Crippen molar-refractivity contribution in [1.29, 1.82) is 0 Å². The molecular weight excluding hydrogens is 182 g/mol. The van der Waals surface area contributed by atoms with Crippen molar-refractivity contribution in [2.75, 3.05) is 20.2 Å². The van der Waals surface area contributed by atoms with E-state index in [9.17, 15) is 9.59 Å². The van der Waals surface area contributed by atoms with E-state index in [-0.39, 0.29) is 18.4 Å². The van der Waals surface area contributed by atoms with Gasteiger partial charge in [0.1, 0.15) is 6.54 Å². The number of esters is 1. The van der Waals surface area contributed by atoms with Gasteiger partial charge in [-0.3, -0.25) is 9.59 Å². The Morgan fingerprint density at radius 1 is 1.57 bits per heavy atom. The van der Waals surface area contributed by atoms with Gasteiger partial charge in [0.15, 0.2) is 0 Å². The third-order valence-corrected chi connectivity index (χ3v) is 2.64. The molecule has 0 N–H and O–H groups in total.